The Morgan fingerprint density at radius 1 is 1.33 bits per heavy atom. The summed E-state index contributed by atoms with van der Waals surface area (Å²) < 4.78 is 0. The summed E-state index contributed by atoms with van der Waals surface area (Å²) in [7, 11) is 0. The summed E-state index contributed by atoms with van der Waals surface area (Å²) >= 11 is 1.88. The lowest BCUT2D eigenvalue weighted by Crippen LogP contribution is -2.03. The lowest BCUT2D eigenvalue weighted by molar-refractivity contribution is 0.0696. The van der Waals surface area contributed by atoms with Gasteiger partial charge in [0.15, 0.2) is 0 Å². The smallest absolute Gasteiger partial charge is 0.338 e. The highest BCUT2D eigenvalue weighted by molar-refractivity contribution is 7.99. The Morgan fingerprint density at radius 2 is 2.19 bits per heavy atom. The maximum atomic E-state index is 11.1. The third-order valence-electron chi connectivity index (χ3n) is 3.47. The summed E-state index contributed by atoms with van der Waals surface area (Å²) in [6, 6.07) is 9.48. The third-order valence-corrected chi connectivity index (χ3v) is 4.67. The van der Waals surface area contributed by atoms with Crippen LogP contribution in [0, 0.1) is 12.3 Å². The number of benzene rings is 1. The van der Waals surface area contributed by atoms with Crippen molar-refractivity contribution >= 4 is 17.7 Å². The molecule has 1 aromatic heterocycles. The van der Waals surface area contributed by atoms with Crippen LogP contribution in [0.2, 0.25) is 0 Å². The molecule has 0 atom stereocenters. The molecule has 2 aromatic rings. The molecule has 1 aliphatic rings. The molecule has 1 aliphatic heterocycles. The number of aryl methyl sites for hydroxylation is 1. The molecule has 0 radical (unpaired) electrons. The minimum Gasteiger partial charge on any atom is -0.478 e. The van der Waals surface area contributed by atoms with E-state index in [1.165, 1.54) is 28.7 Å². The molecule has 0 saturated heterocycles. The van der Waals surface area contributed by atoms with Crippen LogP contribution >= 0.6 is 11.8 Å². The van der Waals surface area contributed by atoms with Gasteiger partial charge in [0.25, 0.3) is 0 Å². The molecule has 4 heteroatoms. The van der Waals surface area contributed by atoms with E-state index in [2.05, 4.69) is 23.0 Å². The first-order valence-corrected chi connectivity index (χ1v) is 7.64. The van der Waals surface area contributed by atoms with Crippen LogP contribution in [0.5, 0.6) is 0 Å². The van der Waals surface area contributed by atoms with E-state index in [1.807, 2.05) is 17.8 Å². The number of nitrogens with zero attached hydrogens (tertiary/aromatic N) is 1. The van der Waals surface area contributed by atoms with Gasteiger partial charge in [0.05, 0.1) is 11.3 Å². The standard InChI is InChI=1S/C17H13NO2S/c1-2-14-13(17(19)20)6-7-15(18-14)11-5-8-16-12(10-11)4-3-9-21-16/h1,5-8,10H,3-4,9H2,(H,19,20). The number of fused-ring (bicyclic) bond motifs is 1. The van der Waals surface area contributed by atoms with E-state index in [9.17, 15) is 4.79 Å². The van der Waals surface area contributed by atoms with Crippen LogP contribution in [0.25, 0.3) is 11.3 Å². The van der Waals surface area contributed by atoms with Crippen molar-refractivity contribution in [3.05, 3.63) is 47.2 Å². The second-order valence-electron chi connectivity index (χ2n) is 4.82. The van der Waals surface area contributed by atoms with Gasteiger partial charge >= 0.3 is 5.97 Å². The number of terminal acetylenes is 1. The second kappa shape index (κ2) is 5.63. The Balaban J connectivity index is 2.05. The Hall–Kier alpha value is -2.25. The zero-order chi connectivity index (χ0) is 14.8. The summed E-state index contributed by atoms with van der Waals surface area (Å²) in [6.45, 7) is 0. The molecule has 0 bridgehead atoms. The number of hydrogen-bond donors (Lipinski definition) is 1. The van der Waals surface area contributed by atoms with E-state index in [0.717, 1.165) is 12.0 Å². The van der Waals surface area contributed by atoms with Crippen molar-refractivity contribution in [3.8, 4) is 23.6 Å². The molecule has 0 spiro atoms. The molecule has 104 valence electrons. The summed E-state index contributed by atoms with van der Waals surface area (Å²) in [6.07, 6.45) is 7.62. The lowest BCUT2D eigenvalue weighted by atomic mass is 10.0. The average Bonchev–Trinajstić information content (AvgIpc) is 2.53. The summed E-state index contributed by atoms with van der Waals surface area (Å²) in [5.41, 5.74) is 3.26. The molecule has 0 fully saturated rings. The molecular weight excluding hydrogens is 282 g/mol. The van der Waals surface area contributed by atoms with Gasteiger partial charge < -0.3 is 5.11 Å². The first-order chi connectivity index (χ1) is 10.2. The molecular formula is C17H13NO2S. The fraction of sp³-hybridized carbons (Fsp3) is 0.176. The van der Waals surface area contributed by atoms with Crippen molar-refractivity contribution in [2.45, 2.75) is 17.7 Å². The highest BCUT2D eigenvalue weighted by Crippen LogP contribution is 2.33. The first kappa shape index (κ1) is 13.7. The van der Waals surface area contributed by atoms with E-state index in [0.29, 0.717) is 5.69 Å². The van der Waals surface area contributed by atoms with Gasteiger partial charge in [-0.05, 0) is 54.3 Å². The molecule has 21 heavy (non-hydrogen) atoms. The molecule has 1 aromatic carbocycles. The quantitative estimate of drug-likeness (QED) is 0.862. The van der Waals surface area contributed by atoms with Crippen LogP contribution in [-0.4, -0.2) is 21.8 Å². The van der Waals surface area contributed by atoms with Gasteiger partial charge in [-0.15, -0.1) is 18.2 Å². The number of carboxylic acid groups (broad SMARTS) is 1. The number of aromatic nitrogens is 1. The number of pyridine rings is 1. The minimum atomic E-state index is -1.05. The lowest BCUT2D eigenvalue weighted by Gasteiger charge is -2.16. The normalized spacial score (nSPS) is 13.3. The van der Waals surface area contributed by atoms with Crippen molar-refractivity contribution < 1.29 is 9.90 Å². The number of hydrogen-bond acceptors (Lipinski definition) is 3. The largest absolute Gasteiger partial charge is 0.478 e. The van der Waals surface area contributed by atoms with Gasteiger partial charge in [0.1, 0.15) is 5.69 Å². The van der Waals surface area contributed by atoms with Crippen LogP contribution < -0.4 is 0 Å². The Labute approximate surface area is 127 Å². The number of aromatic carboxylic acids is 1. The Kier molecular flexibility index (Phi) is 3.68. The molecule has 0 unspecified atom stereocenters. The minimum absolute atomic E-state index is 0.0646. The van der Waals surface area contributed by atoms with Gasteiger partial charge in [-0.1, -0.05) is 6.07 Å². The van der Waals surface area contributed by atoms with Crippen molar-refractivity contribution in [2.75, 3.05) is 5.75 Å². The van der Waals surface area contributed by atoms with Crippen LogP contribution in [-0.2, 0) is 6.42 Å². The van der Waals surface area contributed by atoms with E-state index in [4.69, 9.17) is 11.5 Å². The number of carbonyl (C=O) groups is 1. The van der Waals surface area contributed by atoms with Crippen molar-refractivity contribution in [1.82, 2.24) is 4.98 Å². The fourth-order valence-corrected chi connectivity index (χ4v) is 3.44. The van der Waals surface area contributed by atoms with Gasteiger partial charge in [0.2, 0.25) is 0 Å². The van der Waals surface area contributed by atoms with E-state index in [1.54, 1.807) is 6.07 Å². The predicted molar refractivity (Wildman–Crippen MR) is 83.6 cm³/mol. The summed E-state index contributed by atoms with van der Waals surface area (Å²) in [4.78, 5) is 16.7. The number of thioether (sulfide) groups is 1. The number of carboxylic acids is 1. The monoisotopic (exact) mass is 295 g/mol. The fourth-order valence-electron chi connectivity index (χ4n) is 2.42. The topological polar surface area (TPSA) is 50.2 Å². The average molecular weight is 295 g/mol. The van der Waals surface area contributed by atoms with Crippen LogP contribution in [0.15, 0.2) is 35.2 Å². The van der Waals surface area contributed by atoms with E-state index < -0.39 is 5.97 Å². The Morgan fingerprint density at radius 3 is 2.95 bits per heavy atom. The Bertz CT molecular complexity index is 762. The van der Waals surface area contributed by atoms with Crippen molar-refractivity contribution in [2.24, 2.45) is 0 Å². The van der Waals surface area contributed by atoms with E-state index >= 15 is 0 Å². The maximum Gasteiger partial charge on any atom is 0.338 e. The van der Waals surface area contributed by atoms with Gasteiger partial charge in [-0.25, -0.2) is 9.78 Å². The highest BCUT2D eigenvalue weighted by atomic mass is 32.2. The third kappa shape index (κ3) is 2.65. The van der Waals surface area contributed by atoms with Crippen LogP contribution in [0.1, 0.15) is 28.0 Å². The molecule has 0 amide bonds. The van der Waals surface area contributed by atoms with E-state index in [-0.39, 0.29) is 11.3 Å². The molecule has 3 nitrogen and oxygen atoms in total. The molecule has 0 saturated carbocycles. The number of rotatable bonds is 2. The van der Waals surface area contributed by atoms with Gasteiger partial charge in [0, 0.05) is 10.5 Å². The molecule has 2 heterocycles. The predicted octanol–water partition coefficient (Wildman–Crippen LogP) is 3.47. The van der Waals surface area contributed by atoms with Crippen LogP contribution in [0.4, 0.5) is 0 Å². The molecule has 1 N–H and O–H groups in total. The zero-order valence-corrected chi connectivity index (χ0v) is 12.1. The molecule has 0 aliphatic carbocycles. The van der Waals surface area contributed by atoms with Crippen LogP contribution in [0.3, 0.4) is 0 Å². The summed E-state index contributed by atoms with van der Waals surface area (Å²) in [5, 5.41) is 9.08. The first-order valence-electron chi connectivity index (χ1n) is 6.66. The van der Waals surface area contributed by atoms with Crippen molar-refractivity contribution in [1.29, 1.82) is 0 Å². The van der Waals surface area contributed by atoms with Gasteiger partial charge in [-0.3, -0.25) is 0 Å². The highest BCUT2D eigenvalue weighted by Gasteiger charge is 2.14. The van der Waals surface area contributed by atoms with Gasteiger partial charge in [-0.2, -0.15) is 0 Å². The van der Waals surface area contributed by atoms with Crippen molar-refractivity contribution in [3.63, 3.8) is 0 Å². The molecule has 3 rings (SSSR count). The second-order valence-corrected chi connectivity index (χ2v) is 5.95. The SMILES string of the molecule is C#Cc1nc(-c2ccc3c(c2)CCCS3)ccc1C(=O)O. The maximum absolute atomic E-state index is 11.1. The summed E-state index contributed by atoms with van der Waals surface area (Å²) in [5.74, 6) is 2.47. The zero-order valence-electron chi connectivity index (χ0n) is 11.3.